The van der Waals surface area contributed by atoms with Gasteiger partial charge in [0.15, 0.2) is 5.82 Å². The lowest BCUT2D eigenvalue weighted by Gasteiger charge is -2.26. The van der Waals surface area contributed by atoms with Crippen LogP contribution in [-0.2, 0) is 23.2 Å². The molecule has 3 heterocycles. The Balaban J connectivity index is 1.36. The summed E-state index contributed by atoms with van der Waals surface area (Å²) in [6.45, 7) is 5.28. The van der Waals surface area contributed by atoms with Gasteiger partial charge in [0, 0.05) is 32.1 Å². The molecule has 1 aromatic carbocycles. The monoisotopic (exact) mass is 432 g/mol. The first-order valence-corrected chi connectivity index (χ1v) is 11.8. The van der Waals surface area contributed by atoms with E-state index < -0.39 is 0 Å². The molecule has 32 heavy (non-hydrogen) atoms. The standard InChI is InChI=1S/C26H32N4O2/c1-20-6-8-22(9-7-20)26(12-2-3-13-26)25-28-24(32-29-25)19-30(18-23-5-4-16-31-23)17-21-10-14-27-15-11-21/h6-11,14-15,23H,2-5,12-13,16-19H2,1H3. The summed E-state index contributed by atoms with van der Waals surface area (Å²) in [7, 11) is 0. The Morgan fingerprint density at radius 3 is 2.50 bits per heavy atom. The van der Waals surface area contributed by atoms with E-state index in [4.69, 9.17) is 14.2 Å². The van der Waals surface area contributed by atoms with Crippen LogP contribution in [0.2, 0.25) is 0 Å². The summed E-state index contributed by atoms with van der Waals surface area (Å²) in [5.74, 6) is 1.53. The molecule has 6 nitrogen and oxygen atoms in total. The van der Waals surface area contributed by atoms with Crippen LogP contribution in [0.5, 0.6) is 0 Å². The molecule has 2 aromatic heterocycles. The third-order valence-corrected chi connectivity index (χ3v) is 6.96. The number of rotatable bonds is 8. The van der Waals surface area contributed by atoms with Crippen molar-refractivity contribution in [1.29, 1.82) is 0 Å². The summed E-state index contributed by atoms with van der Waals surface area (Å²) in [4.78, 5) is 11.4. The van der Waals surface area contributed by atoms with Crippen molar-refractivity contribution in [3.63, 3.8) is 0 Å². The zero-order valence-electron chi connectivity index (χ0n) is 18.9. The van der Waals surface area contributed by atoms with Crippen LogP contribution >= 0.6 is 0 Å². The molecule has 2 aliphatic rings. The van der Waals surface area contributed by atoms with Gasteiger partial charge in [-0.1, -0.05) is 47.8 Å². The van der Waals surface area contributed by atoms with Gasteiger partial charge in [-0.25, -0.2) is 0 Å². The summed E-state index contributed by atoms with van der Waals surface area (Å²) in [6, 6.07) is 13.0. The van der Waals surface area contributed by atoms with Crippen LogP contribution in [0.4, 0.5) is 0 Å². The molecule has 0 amide bonds. The molecular formula is C26H32N4O2. The quantitative estimate of drug-likeness (QED) is 0.509. The SMILES string of the molecule is Cc1ccc(C2(c3noc(CN(Cc4ccncc4)CC4CCCO4)n3)CCCC2)cc1. The Bertz CT molecular complexity index is 990. The second-order valence-electron chi connectivity index (χ2n) is 9.33. The first-order chi connectivity index (χ1) is 15.7. The van der Waals surface area contributed by atoms with Gasteiger partial charge in [-0.2, -0.15) is 4.98 Å². The number of aromatic nitrogens is 3. The van der Waals surface area contributed by atoms with Crippen LogP contribution in [0.3, 0.4) is 0 Å². The highest BCUT2D eigenvalue weighted by atomic mass is 16.5. The average Bonchev–Trinajstić information content (AvgIpc) is 3.58. The van der Waals surface area contributed by atoms with Crippen molar-refractivity contribution >= 4 is 0 Å². The maximum absolute atomic E-state index is 5.91. The highest BCUT2D eigenvalue weighted by Gasteiger charge is 2.41. The molecule has 5 rings (SSSR count). The number of benzene rings is 1. The molecule has 0 spiro atoms. The van der Waals surface area contributed by atoms with Crippen LogP contribution in [-0.4, -0.2) is 39.3 Å². The summed E-state index contributed by atoms with van der Waals surface area (Å²) >= 11 is 0. The van der Waals surface area contributed by atoms with Crippen molar-refractivity contribution in [2.75, 3.05) is 13.2 Å². The van der Waals surface area contributed by atoms with Crippen molar-refractivity contribution in [2.45, 2.75) is 70.1 Å². The van der Waals surface area contributed by atoms with E-state index in [1.165, 1.54) is 29.5 Å². The number of aryl methyl sites for hydroxylation is 1. The third-order valence-electron chi connectivity index (χ3n) is 6.96. The number of hydrogen-bond donors (Lipinski definition) is 0. The van der Waals surface area contributed by atoms with Crippen LogP contribution in [0.15, 0.2) is 53.3 Å². The fourth-order valence-corrected chi connectivity index (χ4v) is 5.20. The molecule has 1 saturated carbocycles. The van der Waals surface area contributed by atoms with Gasteiger partial charge in [0.1, 0.15) is 0 Å². The molecule has 1 saturated heterocycles. The Labute approximate surface area is 190 Å². The first-order valence-electron chi connectivity index (χ1n) is 11.8. The fourth-order valence-electron chi connectivity index (χ4n) is 5.20. The normalized spacial score (nSPS) is 20.2. The van der Waals surface area contributed by atoms with E-state index in [0.717, 1.165) is 51.2 Å². The van der Waals surface area contributed by atoms with Crippen LogP contribution in [0.1, 0.15) is 66.9 Å². The van der Waals surface area contributed by atoms with Gasteiger partial charge in [0.25, 0.3) is 0 Å². The summed E-state index contributed by atoms with van der Waals surface area (Å²) in [5.41, 5.74) is 3.68. The summed E-state index contributed by atoms with van der Waals surface area (Å²) in [5, 5.41) is 4.51. The molecule has 1 unspecified atom stereocenters. The molecule has 1 atom stereocenters. The van der Waals surface area contributed by atoms with Crippen molar-refractivity contribution < 1.29 is 9.26 Å². The maximum atomic E-state index is 5.91. The Morgan fingerprint density at radius 1 is 1.00 bits per heavy atom. The zero-order chi connectivity index (χ0) is 21.8. The molecule has 1 aliphatic heterocycles. The predicted molar refractivity (Wildman–Crippen MR) is 122 cm³/mol. The number of pyridine rings is 1. The fraction of sp³-hybridized carbons (Fsp3) is 0.500. The zero-order valence-corrected chi connectivity index (χ0v) is 18.9. The van der Waals surface area contributed by atoms with E-state index >= 15 is 0 Å². The lowest BCUT2D eigenvalue weighted by Crippen LogP contribution is -2.31. The summed E-state index contributed by atoms with van der Waals surface area (Å²) < 4.78 is 11.7. The predicted octanol–water partition coefficient (Wildman–Crippen LogP) is 4.81. The van der Waals surface area contributed by atoms with Gasteiger partial charge in [-0.3, -0.25) is 9.88 Å². The van der Waals surface area contributed by atoms with E-state index in [2.05, 4.69) is 58.4 Å². The van der Waals surface area contributed by atoms with E-state index in [1.54, 1.807) is 0 Å². The molecule has 0 N–H and O–H groups in total. The Kier molecular flexibility index (Phi) is 6.32. The molecule has 168 valence electrons. The van der Waals surface area contributed by atoms with E-state index in [0.29, 0.717) is 12.4 Å². The molecule has 0 bridgehead atoms. The van der Waals surface area contributed by atoms with Gasteiger partial charge < -0.3 is 9.26 Å². The van der Waals surface area contributed by atoms with Crippen LogP contribution in [0.25, 0.3) is 0 Å². The van der Waals surface area contributed by atoms with Gasteiger partial charge in [-0.05, 0) is 55.9 Å². The maximum Gasteiger partial charge on any atom is 0.240 e. The van der Waals surface area contributed by atoms with Gasteiger partial charge in [0.05, 0.1) is 18.1 Å². The molecule has 2 fully saturated rings. The smallest absolute Gasteiger partial charge is 0.240 e. The minimum atomic E-state index is -0.125. The average molecular weight is 433 g/mol. The second kappa shape index (κ2) is 9.51. The second-order valence-corrected chi connectivity index (χ2v) is 9.33. The summed E-state index contributed by atoms with van der Waals surface area (Å²) in [6.07, 6.45) is 10.8. The number of ether oxygens (including phenoxy) is 1. The van der Waals surface area contributed by atoms with E-state index in [-0.39, 0.29) is 11.5 Å². The van der Waals surface area contributed by atoms with Gasteiger partial charge in [0.2, 0.25) is 5.89 Å². The minimum Gasteiger partial charge on any atom is -0.377 e. The molecule has 3 aromatic rings. The van der Waals surface area contributed by atoms with Gasteiger partial charge in [-0.15, -0.1) is 0 Å². The van der Waals surface area contributed by atoms with E-state index in [1.807, 2.05) is 12.4 Å². The highest BCUT2D eigenvalue weighted by molar-refractivity contribution is 5.35. The van der Waals surface area contributed by atoms with Crippen LogP contribution in [0, 0.1) is 6.92 Å². The Hall–Kier alpha value is -2.57. The minimum absolute atomic E-state index is 0.125. The lowest BCUT2D eigenvalue weighted by molar-refractivity contribution is 0.0640. The molecule has 1 aliphatic carbocycles. The molecule has 0 radical (unpaired) electrons. The van der Waals surface area contributed by atoms with Crippen molar-refractivity contribution in [3.8, 4) is 0 Å². The van der Waals surface area contributed by atoms with Crippen molar-refractivity contribution in [1.82, 2.24) is 20.0 Å². The third kappa shape index (κ3) is 4.62. The van der Waals surface area contributed by atoms with E-state index in [9.17, 15) is 0 Å². The van der Waals surface area contributed by atoms with Crippen LogP contribution < -0.4 is 0 Å². The van der Waals surface area contributed by atoms with Crippen molar-refractivity contribution in [2.24, 2.45) is 0 Å². The first kappa shape index (κ1) is 21.3. The van der Waals surface area contributed by atoms with Gasteiger partial charge >= 0.3 is 0 Å². The number of nitrogens with zero attached hydrogens (tertiary/aromatic N) is 4. The largest absolute Gasteiger partial charge is 0.377 e. The molecular weight excluding hydrogens is 400 g/mol. The highest BCUT2D eigenvalue weighted by Crippen LogP contribution is 2.45. The Morgan fingerprint density at radius 2 is 1.78 bits per heavy atom. The molecule has 6 heteroatoms. The van der Waals surface area contributed by atoms with Crippen molar-refractivity contribution in [3.05, 3.63) is 77.2 Å². The lowest BCUT2D eigenvalue weighted by atomic mass is 9.78. The topological polar surface area (TPSA) is 64.3 Å². The number of hydrogen-bond acceptors (Lipinski definition) is 6.